The van der Waals surface area contributed by atoms with Crippen molar-refractivity contribution in [3.05, 3.63) is 34.9 Å². The van der Waals surface area contributed by atoms with Gasteiger partial charge >= 0.3 is 0 Å². The van der Waals surface area contributed by atoms with Gasteiger partial charge in [0.1, 0.15) is 5.97 Å². The molecule has 70 valence electrons. The van der Waals surface area contributed by atoms with Crippen LogP contribution in [0.25, 0.3) is 0 Å². The number of carboxylic acids is 1. The fourth-order valence-corrected chi connectivity index (χ4v) is 1.35. The van der Waals surface area contributed by atoms with E-state index < -0.39 is 12.0 Å². The molecule has 1 aromatic carbocycles. The van der Waals surface area contributed by atoms with Gasteiger partial charge in [0.25, 0.3) is 0 Å². The Kier molecular flexibility index (Phi) is 2.68. The summed E-state index contributed by atoms with van der Waals surface area (Å²) in [6.07, 6.45) is 0. The first-order chi connectivity index (χ1) is 6.00. The van der Waals surface area contributed by atoms with Crippen LogP contribution in [0.3, 0.4) is 0 Å². The average molecular weight is 179 g/mol. The molecule has 0 bridgehead atoms. The minimum Gasteiger partial charge on any atom is -0.544 e. The van der Waals surface area contributed by atoms with Crippen LogP contribution in [-0.2, 0) is 4.79 Å². The number of carbonyl (C=O) groups excluding carboxylic acids is 1. The lowest BCUT2D eigenvalue weighted by Gasteiger charge is -2.11. The minimum absolute atomic E-state index is 0.706. The summed E-state index contributed by atoms with van der Waals surface area (Å²) in [5.74, 6) is -1.13. The van der Waals surface area contributed by atoms with E-state index in [2.05, 4.69) is 5.73 Å². The Morgan fingerprint density at radius 3 is 2.15 bits per heavy atom. The Balaban J connectivity index is 3.07. The maximum absolute atomic E-state index is 10.5. The molecule has 0 heterocycles. The number of rotatable bonds is 2. The Labute approximate surface area is 77.2 Å². The molecule has 0 unspecified atom stereocenters. The third-order valence-corrected chi connectivity index (χ3v) is 1.93. The second-order valence-corrected chi connectivity index (χ2v) is 3.29. The van der Waals surface area contributed by atoms with Gasteiger partial charge in [0.2, 0.25) is 0 Å². The first kappa shape index (κ1) is 9.74. The molecule has 3 heteroatoms. The maximum atomic E-state index is 10.5. The molecule has 3 N–H and O–H groups in total. The van der Waals surface area contributed by atoms with Gasteiger partial charge in [0.05, 0.1) is 0 Å². The lowest BCUT2D eigenvalue weighted by atomic mass is 10.0. The van der Waals surface area contributed by atoms with Crippen molar-refractivity contribution in [3.63, 3.8) is 0 Å². The maximum Gasteiger partial charge on any atom is 0.150 e. The molecule has 0 aromatic heterocycles. The van der Waals surface area contributed by atoms with Crippen molar-refractivity contribution in [1.82, 2.24) is 0 Å². The zero-order valence-electron chi connectivity index (χ0n) is 7.83. The number of hydrogen-bond acceptors (Lipinski definition) is 2. The van der Waals surface area contributed by atoms with E-state index in [9.17, 15) is 9.90 Å². The number of aryl methyl sites for hydroxylation is 2. The van der Waals surface area contributed by atoms with Crippen LogP contribution in [0.5, 0.6) is 0 Å². The van der Waals surface area contributed by atoms with Gasteiger partial charge in [-0.2, -0.15) is 0 Å². The van der Waals surface area contributed by atoms with Gasteiger partial charge in [0, 0.05) is 5.56 Å². The van der Waals surface area contributed by atoms with Crippen molar-refractivity contribution in [1.29, 1.82) is 0 Å². The number of hydrogen-bond donors (Lipinski definition) is 1. The van der Waals surface area contributed by atoms with Crippen molar-refractivity contribution in [2.45, 2.75) is 19.9 Å². The minimum atomic E-state index is -1.13. The van der Waals surface area contributed by atoms with Crippen LogP contribution in [0.1, 0.15) is 22.7 Å². The number of quaternary nitrogens is 1. The van der Waals surface area contributed by atoms with Gasteiger partial charge in [-0.15, -0.1) is 0 Å². The van der Waals surface area contributed by atoms with E-state index in [-0.39, 0.29) is 0 Å². The molecule has 0 saturated heterocycles. The predicted octanol–water partition coefficient (Wildman–Crippen LogP) is -0.664. The molecule has 0 fully saturated rings. The van der Waals surface area contributed by atoms with Crippen LogP contribution in [0.2, 0.25) is 0 Å². The summed E-state index contributed by atoms with van der Waals surface area (Å²) < 4.78 is 0. The van der Waals surface area contributed by atoms with Crippen LogP contribution in [0.4, 0.5) is 0 Å². The molecule has 0 aliphatic rings. The Hall–Kier alpha value is -1.35. The summed E-state index contributed by atoms with van der Waals surface area (Å²) in [6.45, 7) is 3.86. The number of aliphatic carboxylic acids is 1. The molecule has 0 amide bonds. The summed E-state index contributed by atoms with van der Waals surface area (Å²) in [6, 6.07) is 4.85. The van der Waals surface area contributed by atoms with Crippen LogP contribution in [-0.4, -0.2) is 5.97 Å². The number of benzene rings is 1. The van der Waals surface area contributed by atoms with E-state index in [0.717, 1.165) is 11.1 Å². The van der Waals surface area contributed by atoms with Crippen LogP contribution >= 0.6 is 0 Å². The average Bonchev–Trinajstić information content (AvgIpc) is 2.01. The number of carbonyl (C=O) groups is 1. The van der Waals surface area contributed by atoms with Gasteiger partial charge in [-0.3, -0.25) is 0 Å². The van der Waals surface area contributed by atoms with E-state index in [1.54, 1.807) is 0 Å². The summed E-state index contributed by atoms with van der Waals surface area (Å²) >= 11 is 0. The lowest BCUT2D eigenvalue weighted by molar-refractivity contribution is -0.443. The molecule has 1 rings (SSSR count). The lowest BCUT2D eigenvalue weighted by Crippen LogP contribution is -2.61. The first-order valence-electron chi connectivity index (χ1n) is 4.13. The quantitative estimate of drug-likeness (QED) is 0.654. The number of carboxylic acid groups (broad SMARTS) is 1. The second-order valence-electron chi connectivity index (χ2n) is 3.29. The van der Waals surface area contributed by atoms with E-state index in [4.69, 9.17) is 0 Å². The molecule has 13 heavy (non-hydrogen) atoms. The van der Waals surface area contributed by atoms with Gasteiger partial charge in [-0.05, 0) is 26.0 Å². The fourth-order valence-electron chi connectivity index (χ4n) is 1.35. The van der Waals surface area contributed by atoms with Gasteiger partial charge in [0.15, 0.2) is 6.04 Å². The molecule has 0 aliphatic carbocycles. The molecule has 1 aromatic rings. The van der Waals surface area contributed by atoms with Crippen molar-refractivity contribution < 1.29 is 15.6 Å². The molecular weight excluding hydrogens is 166 g/mol. The molecule has 3 nitrogen and oxygen atoms in total. The first-order valence-corrected chi connectivity index (χ1v) is 4.13. The smallest absolute Gasteiger partial charge is 0.150 e. The van der Waals surface area contributed by atoms with E-state index in [0.29, 0.717) is 5.56 Å². The summed E-state index contributed by atoms with van der Waals surface area (Å²) in [5, 5.41) is 10.5. The van der Waals surface area contributed by atoms with E-state index in [1.807, 2.05) is 32.0 Å². The third-order valence-electron chi connectivity index (χ3n) is 1.93. The summed E-state index contributed by atoms with van der Waals surface area (Å²) in [7, 11) is 0. The Morgan fingerprint density at radius 1 is 1.31 bits per heavy atom. The topological polar surface area (TPSA) is 67.8 Å². The molecule has 0 saturated carbocycles. The zero-order valence-corrected chi connectivity index (χ0v) is 7.83. The van der Waals surface area contributed by atoms with Crippen molar-refractivity contribution in [2.24, 2.45) is 0 Å². The SMILES string of the molecule is Cc1cc(C)cc([C@H]([NH3+])C(=O)[O-])c1. The van der Waals surface area contributed by atoms with Gasteiger partial charge in [-0.25, -0.2) is 0 Å². The highest BCUT2D eigenvalue weighted by Gasteiger charge is 2.10. The predicted molar refractivity (Wildman–Crippen MR) is 46.6 cm³/mol. The molecule has 0 aliphatic heterocycles. The van der Waals surface area contributed by atoms with E-state index >= 15 is 0 Å². The van der Waals surface area contributed by atoms with Gasteiger partial charge in [-0.1, -0.05) is 17.2 Å². The zero-order chi connectivity index (χ0) is 10.0. The third kappa shape index (κ3) is 2.29. The Bertz CT molecular complexity index is 313. The molecule has 0 spiro atoms. The Morgan fingerprint density at radius 2 is 1.77 bits per heavy atom. The largest absolute Gasteiger partial charge is 0.544 e. The van der Waals surface area contributed by atoms with Crippen molar-refractivity contribution >= 4 is 5.97 Å². The van der Waals surface area contributed by atoms with Crippen molar-refractivity contribution in [2.75, 3.05) is 0 Å². The molecule has 0 radical (unpaired) electrons. The molecule has 1 atom stereocenters. The van der Waals surface area contributed by atoms with Crippen LogP contribution in [0, 0.1) is 13.8 Å². The normalized spacial score (nSPS) is 12.5. The molecular formula is C10H13NO2. The highest BCUT2D eigenvalue weighted by molar-refractivity contribution is 5.71. The highest BCUT2D eigenvalue weighted by atomic mass is 16.4. The second kappa shape index (κ2) is 3.58. The highest BCUT2D eigenvalue weighted by Crippen LogP contribution is 2.13. The fraction of sp³-hybridized carbons (Fsp3) is 0.300. The van der Waals surface area contributed by atoms with Crippen LogP contribution < -0.4 is 10.8 Å². The standard InChI is InChI=1S/C10H13NO2/c1-6-3-7(2)5-8(4-6)9(11)10(12)13/h3-5,9H,11H2,1-2H3,(H,12,13)/t9-/m0/s1. The summed E-state index contributed by atoms with van der Waals surface area (Å²) in [4.78, 5) is 10.5. The van der Waals surface area contributed by atoms with Crippen LogP contribution in [0.15, 0.2) is 18.2 Å². The van der Waals surface area contributed by atoms with Gasteiger partial charge < -0.3 is 15.6 Å². The van der Waals surface area contributed by atoms with E-state index in [1.165, 1.54) is 0 Å². The summed E-state index contributed by atoms with van der Waals surface area (Å²) in [5.41, 5.74) is 6.33. The monoisotopic (exact) mass is 179 g/mol. The van der Waals surface area contributed by atoms with Crippen molar-refractivity contribution in [3.8, 4) is 0 Å².